The molecule has 0 saturated carbocycles. The van der Waals surface area contributed by atoms with E-state index in [9.17, 15) is 18.0 Å². The number of dihydropyridines is 1. The molecular formula is C29H33F3N6O. The van der Waals surface area contributed by atoms with Gasteiger partial charge in [0, 0.05) is 35.7 Å². The summed E-state index contributed by atoms with van der Waals surface area (Å²) in [5, 5.41) is 10.2. The summed E-state index contributed by atoms with van der Waals surface area (Å²) >= 11 is 0. The highest BCUT2D eigenvalue weighted by atomic mass is 19.4. The Morgan fingerprint density at radius 2 is 1.95 bits per heavy atom. The first-order valence-corrected chi connectivity index (χ1v) is 12.9. The number of rotatable bonds is 10. The number of aromatic nitrogens is 3. The predicted octanol–water partition coefficient (Wildman–Crippen LogP) is 5.16. The molecule has 3 heterocycles. The van der Waals surface area contributed by atoms with E-state index in [1.165, 1.54) is 16.9 Å². The summed E-state index contributed by atoms with van der Waals surface area (Å²) < 4.78 is 41.8. The van der Waals surface area contributed by atoms with Gasteiger partial charge in [-0.2, -0.15) is 18.3 Å². The number of halogens is 3. The average molecular weight is 539 g/mol. The van der Waals surface area contributed by atoms with Crippen molar-refractivity contribution in [1.82, 2.24) is 25.2 Å². The SMILES string of the molecule is C=CC(CC)(CCc1ccc(-c2ccc3ncc(C4=CNC(N)C(C(F)(F)F)=C4)n3n2)cc1)CNC(=O)CC. The minimum absolute atomic E-state index is 0.0287. The number of alkyl halides is 3. The molecule has 2 atom stereocenters. The van der Waals surface area contributed by atoms with Crippen LogP contribution in [0, 0.1) is 5.41 Å². The van der Waals surface area contributed by atoms with Gasteiger partial charge in [0.25, 0.3) is 0 Å². The smallest absolute Gasteiger partial charge is 0.372 e. The first-order valence-electron chi connectivity index (χ1n) is 12.9. The molecule has 206 valence electrons. The number of nitrogens with one attached hydrogen (secondary N) is 2. The zero-order chi connectivity index (χ0) is 28.2. The second kappa shape index (κ2) is 11.4. The maximum atomic E-state index is 13.4. The van der Waals surface area contributed by atoms with Crippen LogP contribution in [0.15, 0.2) is 73.1 Å². The van der Waals surface area contributed by atoms with Crippen LogP contribution in [0.2, 0.25) is 0 Å². The lowest BCUT2D eigenvalue weighted by molar-refractivity contribution is -0.121. The molecule has 2 aromatic heterocycles. The van der Waals surface area contributed by atoms with Gasteiger partial charge in [0.1, 0.15) is 6.17 Å². The van der Waals surface area contributed by atoms with E-state index in [1.807, 2.05) is 43.3 Å². The van der Waals surface area contributed by atoms with E-state index in [1.54, 1.807) is 6.07 Å². The maximum absolute atomic E-state index is 13.4. The van der Waals surface area contributed by atoms with Crippen molar-refractivity contribution in [3.05, 3.63) is 84.4 Å². The quantitative estimate of drug-likeness (QED) is 0.310. The van der Waals surface area contributed by atoms with Gasteiger partial charge in [-0.1, -0.05) is 44.2 Å². The average Bonchev–Trinajstić information content (AvgIpc) is 3.36. The number of amides is 1. The molecule has 1 aromatic carbocycles. The molecule has 7 nitrogen and oxygen atoms in total. The highest BCUT2D eigenvalue weighted by Crippen LogP contribution is 2.33. The summed E-state index contributed by atoms with van der Waals surface area (Å²) in [5.41, 5.74) is 8.43. The largest absolute Gasteiger partial charge is 0.415 e. The molecule has 0 aliphatic carbocycles. The van der Waals surface area contributed by atoms with Gasteiger partial charge in [0.15, 0.2) is 5.65 Å². The molecule has 4 N–H and O–H groups in total. The molecular weight excluding hydrogens is 505 g/mol. The topological polar surface area (TPSA) is 97.3 Å². The fourth-order valence-corrected chi connectivity index (χ4v) is 4.54. The third-order valence-electron chi connectivity index (χ3n) is 7.31. The summed E-state index contributed by atoms with van der Waals surface area (Å²) in [6.07, 6.45) is 3.00. The van der Waals surface area contributed by atoms with E-state index in [2.05, 4.69) is 34.2 Å². The van der Waals surface area contributed by atoms with Crippen molar-refractivity contribution >= 4 is 17.1 Å². The zero-order valence-electron chi connectivity index (χ0n) is 22.1. The molecule has 1 aliphatic heterocycles. The lowest BCUT2D eigenvalue weighted by atomic mass is 9.79. The molecule has 39 heavy (non-hydrogen) atoms. The maximum Gasteiger partial charge on any atom is 0.415 e. The first-order chi connectivity index (χ1) is 18.6. The summed E-state index contributed by atoms with van der Waals surface area (Å²) in [4.78, 5) is 16.1. The lowest BCUT2D eigenvalue weighted by Crippen LogP contribution is -2.42. The Labute approximate surface area is 225 Å². The number of imidazole rings is 1. The number of carbonyl (C=O) groups is 1. The number of hydrogen-bond acceptors (Lipinski definition) is 5. The van der Waals surface area contributed by atoms with Crippen LogP contribution >= 0.6 is 0 Å². The van der Waals surface area contributed by atoms with Crippen molar-refractivity contribution in [3.8, 4) is 11.3 Å². The number of nitrogens with two attached hydrogens (primary N) is 1. The Morgan fingerprint density at radius 1 is 1.21 bits per heavy atom. The Morgan fingerprint density at radius 3 is 2.59 bits per heavy atom. The molecule has 1 aliphatic rings. The van der Waals surface area contributed by atoms with Gasteiger partial charge >= 0.3 is 6.18 Å². The van der Waals surface area contributed by atoms with Crippen molar-refractivity contribution < 1.29 is 18.0 Å². The van der Waals surface area contributed by atoms with Crippen molar-refractivity contribution in [3.63, 3.8) is 0 Å². The number of carbonyl (C=O) groups excluding carboxylic acids is 1. The summed E-state index contributed by atoms with van der Waals surface area (Å²) in [6, 6.07) is 11.6. The Hall–Kier alpha value is -3.92. The molecule has 10 heteroatoms. The van der Waals surface area contributed by atoms with Crippen LogP contribution in [-0.2, 0) is 11.2 Å². The minimum atomic E-state index is -4.56. The fourth-order valence-electron chi connectivity index (χ4n) is 4.54. The van der Waals surface area contributed by atoms with Gasteiger partial charge in [-0.15, -0.1) is 6.58 Å². The second-order valence-electron chi connectivity index (χ2n) is 9.72. The third kappa shape index (κ3) is 6.22. The van der Waals surface area contributed by atoms with Crippen LogP contribution in [0.1, 0.15) is 44.4 Å². The highest BCUT2D eigenvalue weighted by molar-refractivity contribution is 5.76. The summed E-state index contributed by atoms with van der Waals surface area (Å²) in [6.45, 7) is 8.51. The minimum Gasteiger partial charge on any atom is -0.372 e. The molecule has 0 fully saturated rings. The summed E-state index contributed by atoms with van der Waals surface area (Å²) in [5.74, 6) is 0.0287. The highest BCUT2D eigenvalue weighted by Gasteiger charge is 2.39. The van der Waals surface area contributed by atoms with Crippen molar-refractivity contribution in [2.45, 2.75) is 51.9 Å². The Kier molecular flexibility index (Phi) is 8.25. The molecule has 0 bridgehead atoms. The first kappa shape index (κ1) is 28.1. The van der Waals surface area contributed by atoms with Crippen LogP contribution in [0.3, 0.4) is 0 Å². The number of benzene rings is 1. The van der Waals surface area contributed by atoms with Gasteiger partial charge in [-0.25, -0.2) is 9.50 Å². The van der Waals surface area contributed by atoms with Gasteiger partial charge in [0.2, 0.25) is 5.91 Å². The van der Waals surface area contributed by atoms with Crippen molar-refractivity contribution in [2.24, 2.45) is 11.1 Å². The van der Waals surface area contributed by atoms with E-state index in [0.29, 0.717) is 30.0 Å². The van der Waals surface area contributed by atoms with Crippen LogP contribution in [0.4, 0.5) is 13.2 Å². The molecule has 2 unspecified atom stereocenters. The van der Waals surface area contributed by atoms with Crippen LogP contribution in [0.25, 0.3) is 22.5 Å². The molecule has 0 saturated heterocycles. The molecule has 4 rings (SSSR count). The second-order valence-corrected chi connectivity index (χ2v) is 9.72. The van der Waals surface area contributed by atoms with E-state index in [0.717, 1.165) is 36.5 Å². The number of allylic oxidation sites excluding steroid dienone is 2. The molecule has 1 amide bonds. The van der Waals surface area contributed by atoms with E-state index in [4.69, 9.17) is 5.73 Å². The normalized spacial score (nSPS) is 17.1. The van der Waals surface area contributed by atoms with Gasteiger partial charge < -0.3 is 16.4 Å². The van der Waals surface area contributed by atoms with Crippen LogP contribution < -0.4 is 16.4 Å². The van der Waals surface area contributed by atoms with Gasteiger partial charge in [0.05, 0.1) is 23.2 Å². The number of fused-ring (bicyclic) bond motifs is 1. The Balaban J connectivity index is 1.53. The standard InChI is InChI=1S/C29H33F3N6O/c1-4-26(39)36-18-28(5-2,6-3)14-13-19-7-9-20(10-8-19)23-11-12-25-34-17-24(38(25)37-23)21-15-22(29(30,31)32)27(33)35-16-21/h5,7-12,15-17,27,35H,2,4,6,13-14,18,33H2,1,3H3,(H,36,39). The number of aryl methyl sites for hydroxylation is 1. The summed E-state index contributed by atoms with van der Waals surface area (Å²) in [7, 11) is 0. The number of nitrogens with zero attached hydrogens (tertiary/aromatic N) is 3. The Bertz CT molecular complexity index is 1410. The van der Waals surface area contributed by atoms with Crippen LogP contribution in [0.5, 0.6) is 0 Å². The lowest BCUT2D eigenvalue weighted by Gasteiger charge is -2.29. The molecule has 0 spiro atoms. The van der Waals surface area contributed by atoms with Crippen molar-refractivity contribution in [2.75, 3.05) is 6.54 Å². The monoisotopic (exact) mass is 538 g/mol. The predicted molar refractivity (Wildman–Crippen MR) is 146 cm³/mol. The van der Waals surface area contributed by atoms with E-state index < -0.39 is 17.9 Å². The molecule has 3 aromatic rings. The van der Waals surface area contributed by atoms with E-state index >= 15 is 0 Å². The van der Waals surface area contributed by atoms with Crippen molar-refractivity contribution in [1.29, 1.82) is 0 Å². The number of hydrogen-bond donors (Lipinski definition) is 3. The molecule has 0 radical (unpaired) electrons. The fraction of sp³-hybridized carbons (Fsp3) is 0.345. The van der Waals surface area contributed by atoms with Crippen LogP contribution in [-0.4, -0.2) is 39.4 Å². The zero-order valence-corrected chi connectivity index (χ0v) is 22.1. The van der Waals surface area contributed by atoms with E-state index in [-0.39, 0.29) is 16.9 Å². The third-order valence-corrected chi connectivity index (χ3v) is 7.31. The van der Waals surface area contributed by atoms with Gasteiger partial charge in [-0.3, -0.25) is 4.79 Å². The van der Waals surface area contributed by atoms with Gasteiger partial charge in [-0.05, 0) is 43.0 Å².